The first kappa shape index (κ1) is 31.8. The maximum atomic E-state index is 6.52. The molecule has 7 aromatic carbocycles. The average Bonchev–Trinajstić information content (AvgIpc) is 3.63. The highest BCUT2D eigenvalue weighted by Crippen LogP contribution is 2.41. The highest BCUT2D eigenvalue weighted by atomic mass is 16.3. The van der Waals surface area contributed by atoms with Crippen LogP contribution in [0.25, 0.3) is 83.6 Å². The molecule has 9 aromatic rings. The monoisotopic (exact) mass is 693 g/mol. The van der Waals surface area contributed by atoms with E-state index in [4.69, 9.17) is 19.4 Å². The molecule has 0 saturated carbocycles. The van der Waals surface area contributed by atoms with Crippen molar-refractivity contribution in [2.75, 3.05) is 0 Å². The molecule has 10 rings (SSSR count). The van der Waals surface area contributed by atoms with Gasteiger partial charge in [0.05, 0.1) is 0 Å². The third-order valence-corrected chi connectivity index (χ3v) is 10.8. The van der Waals surface area contributed by atoms with Crippen LogP contribution in [0, 0.1) is 0 Å². The Bertz CT molecular complexity index is 2910. The Morgan fingerprint density at radius 2 is 1.13 bits per heavy atom. The Labute approximate surface area is 313 Å². The topological polar surface area (TPSA) is 51.8 Å². The molecule has 0 N–H and O–H groups in total. The second-order valence-electron chi connectivity index (χ2n) is 14.3. The van der Waals surface area contributed by atoms with Crippen LogP contribution < -0.4 is 0 Å². The molecule has 2 aromatic heterocycles. The Balaban J connectivity index is 1.10. The zero-order valence-electron chi connectivity index (χ0n) is 29.8. The van der Waals surface area contributed by atoms with Gasteiger partial charge in [0, 0.05) is 32.9 Å². The van der Waals surface area contributed by atoms with Gasteiger partial charge in [-0.3, -0.25) is 0 Å². The zero-order valence-corrected chi connectivity index (χ0v) is 29.8. The van der Waals surface area contributed by atoms with Gasteiger partial charge in [-0.05, 0) is 69.3 Å². The molecule has 0 bridgehead atoms. The second kappa shape index (κ2) is 12.9. The number of para-hydroxylation sites is 1. The van der Waals surface area contributed by atoms with Crippen molar-refractivity contribution in [2.45, 2.75) is 18.8 Å². The fourth-order valence-electron chi connectivity index (χ4n) is 7.70. The minimum Gasteiger partial charge on any atom is -0.456 e. The number of fused-ring (bicyclic) bond motifs is 4. The largest absolute Gasteiger partial charge is 0.456 e. The summed E-state index contributed by atoms with van der Waals surface area (Å²) in [4.78, 5) is 15.5. The Hall–Kier alpha value is -6.91. The summed E-state index contributed by atoms with van der Waals surface area (Å²) in [6.45, 7) is 2.30. The fourth-order valence-corrected chi connectivity index (χ4v) is 7.70. The molecule has 2 heterocycles. The van der Waals surface area contributed by atoms with E-state index in [1.165, 1.54) is 21.9 Å². The summed E-state index contributed by atoms with van der Waals surface area (Å²) in [5.74, 6) is 1.84. The van der Waals surface area contributed by atoms with Gasteiger partial charge in [0.1, 0.15) is 11.2 Å². The van der Waals surface area contributed by atoms with E-state index in [-0.39, 0.29) is 5.41 Å². The van der Waals surface area contributed by atoms with Crippen LogP contribution in [0.4, 0.5) is 0 Å². The van der Waals surface area contributed by atoms with E-state index in [9.17, 15) is 0 Å². The first-order chi connectivity index (χ1) is 26.6. The first-order valence-electron chi connectivity index (χ1n) is 18.4. The van der Waals surface area contributed by atoms with Gasteiger partial charge < -0.3 is 4.42 Å². The summed E-state index contributed by atoms with van der Waals surface area (Å²) in [5, 5.41) is 4.40. The second-order valence-corrected chi connectivity index (χ2v) is 14.3. The molecular formula is C50H35N3O. The number of allylic oxidation sites excluding steroid dienone is 4. The fraction of sp³-hybridized carbons (Fsp3) is 0.0600. The van der Waals surface area contributed by atoms with Crippen molar-refractivity contribution in [3.05, 3.63) is 193 Å². The SMILES string of the molecule is CC1(c2ccccc2)C=CC(c2ccc(-c3nc(-c4ccccc4)nc(-c4cc(-c5ccc6ccccc6c5)cc5oc6ccccc6c45)n3)cc2)=CC1. The lowest BCUT2D eigenvalue weighted by molar-refractivity contribution is 0.601. The summed E-state index contributed by atoms with van der Waals surface area (Å²) < 4.78 is 6.52. The van der Waals surface area contributed by atoms with Gasteiger partial charge in [0.25, 0.3) is 0 Å². The van der Waals surface area contributed by atoms with Crippen molar-refractivity contribution in [1.29, 1.82) is 0 Å². The van der Waals surface area contributed by atoms with E-state index in [2.05, 4.69) is 140 Å². The van der Waals surface area contributed by atoms with Crippen molar-refractivity contribution in [1.82, 2.24) is 15.0 Å². The molecule has 54 heavy (non-hydrogen) atoms. The molecule has 1 unspecified atom stereocenters. The van der Waals surface area contributed by atoms with Crippen molar-refractivity contribution < 1.29 is 4.42 Å². The number of rotatable bonds is 6. The van der Waals surface area contributed by atoms with E-state index >= 15 is 0 Å². The normalized spacial score (nSPS) is 15.5. The Morgan fingerprint density at radius 3 is 1.89 bits per heavy atom. The number of furan rings is 1. The Morgan fingerprint density at radius 1 is 0.500 bits per heavy atom. The van der Waals surface area contributed by atoms with Crippen LogP contribution >= 0.6 is 0 Å². The quantitative estimate of drug-likeness (QED) is 0.174. The summed E-state index contributed by atoms with van der Waals surface area (Å²) in [7, 11) is 0. The van der Waals surface area contributed by atoms with Crippen LogP contribution in [0.15, 0.2) is 186 Å². The molecule has 0 amide bonds. The highest BCUT2D eigenvalue weighted by Gasteiger charge is 2.25. The van der Waals surface area contributed by atoms with E-state index < -0.39 is 0 Å². The molecule has 0 spiro atoms. The summed E-state index contributed by atoms with van der Waals surface area (Å²) >= 11 is 0. The molecule has 4 heteroatoms. The number of nitrogens with zero attached hydrogens (tertiary/aromatic N) is 3. The van der Waals surface area contributed by atoms with Crippen molar-refractivity contribution >= 4 is 38.3 Å². The van der Waals surface area contributed by atoms with Gasteiger partial charge in [-0.15, -0.1) is 0 Å². The summed E-state index contributed by atoms with van der Waals surface area (Å²) in [5.41, 5.74) is 10.2. The lowest BCUT2D eigenvalue weighted by Crippen LogP contribution is -2.19. The first-order valence-corrected chi connectivity index (χ1v) is 18.4. The van der Waals surface area contributed by atoms with Crippen molar-refractivity contribution in [2.24, 2.45) is 0 Å². The van der Waals surface area contributed by atoms with Gasteiger partial charge in [0.15, 0.2) is 17.5 Å². The van der Waals surface area contributed by atoms with Crippen molar-refractivity contribution in [3.8, 4) is 45.3 Å². The van der Waals surface area contributed by atoms with E-state index in [0.717, 1.165) is 61.7 Å². The van der Waals surface area contributed by atoms with Crippen LogP contribution in [-0.2, 0) is 5.41 Å². The van der Waals surface area contributed by atoms with Gasteiger partial charge in [-0.25, -0.2) is 15.0 Å². The minimum atomic E-state index is -0.0167. The molecule has 0 saturated heterocycles. The third kappa shape index (κ3) is 5.69. The molecule has 1 aliphatic rings. The highest BCUT2D eigenvalue weighted by molar-refractivity contribution is 6.13. The predicted molar refractivity (Wildman–Crippen MR) is 222 cm³/mol. The van der Waals surface area contributed by atoms with E-state index in [0.29, 0.717) is 17.5 Å². The lowest BCUT2D eigenvalue weighted by Gasteiger charge is -2.28. The summed E-state index contributed by atoms with van der Waals surface area (Å²) in [6.07, 6.45) is 7.88. The van der Waals surface area contributed by atoms with Gasteiger partial charge >= 0.3 is 0 Å². The van der Waals surface area contributed by atoms with Crippen LogP contribution in [0.3, 0.4) is 0 Å². The van der Waals surface area contributed by atoms with Gasteiger partial charge in [-0.2, -0.15) is 0 Å². The average molecular weight is 694 g/mol. The number of hydrogen-bond donors (Lipinski definition) is 0. The molecule has 256 valence electrons. The van der Waals surface area contributed by atoms with E-state index in [1.807, 2.05) is 48.5 Å². The van der Waals surface area contributed by atoms with Crippen LogP contribution in [0.2, 0.25) is 0 Å². The van der Waals surface area contributed by atoms with Crippen LogP contribution in [0.1, 0.15) is 24.5 Å². The van der Waals surface area contributed by atoms with Crippen LogP contribution in [-0.4, -0.2) is 15.0 Å². The molecule has 0 aliphatic heterocycles. The minimum absolute atomic E-state index is 0.0167. The predicted octanol–water partition coefficient (Wildman–Crippen LogP) is 12.9. The maximum absolute atomic E-state index is 6.52. The smallest absolute Gasteiger partial charge is 0.164 e. The third-order valence-electron chi connectivity index (χ3n) is 10.8. The Kier molecular flexibility index (Phi) is 7.62. The maximum Gasteiger partial charge on any atom is 0.164 e. The van der Waals surface area contributed by atoms with Gasteiger partial charge in [0.2, 0.25) is 0 Å². The molecule has 4 nitrogen and oxygen atoms in total. The van der Waals surface area contributed by atoms with Crippen LogP contribution in [0.5, 0.6) is 0 Å². The van der Waals surface area contributed by atoms with Crippen molar-refractivity contribution in [3.63, 3.8) is 0 Å². The molecule has 1 atom stereocenters. The number of hydrogen-bond acceptors (Lipinski definition) is 4. The number of benzene rings is 7. The molecule has 0 fully saturated rings. The standard InChI is InChI=1S/C50H35N3O/c1-50(41-16-6-3-7-17-41)28-26-35(27-29-50)34-20-23-37(24-21-34)48-51-47(36-13-4-2-5-14-36)52-49(53-48)43-31-40(39-25-22-33-12-8-9-15-38(33)30-39)32-45-46(43)42-18-10-11-19-44(42)54-45/h2-28,30-32H,29H2,1H3. The number of aromatic nitrogens is 3. The molecular weight excluding hydrogens is 659 g/mol. The summed E-state index contributed by atoms with van der Waals surface area (Å²) in [6, 6.07) is 57.0. The molecule has 1 aliphatic carbocycles. The zero-order chi connectivity index (χ0) is 36.1. The lowest BCUT2D eigenvalue weighted by atomic mass is 9.75. The molecule has 0 radical (unpaired) electrons. The van der Waals surface area contributed by atoms with Gasteiger partial charge in [-0.1, -0.05) is 165 Å². The van der Waals surface area contributed by atoms with E-state index in [1.54, 1.807) is 0 Å².